The summed E-state index contributed by atoms with van der Waals surface area (Å²) in [5.74, 6) is 0. The molecule has 1 saturated heterocycles. The molecule has 1 N–H and O–H groups in total. The van der Waals surface area contributed by atoms with E-state index in [-0.39, 0.29) is 12.0 Å². The summed E-state index contributed by atoms with van der Waals surface area (Å²) in [6.45, 7) is 5.82. The third-order valence-electron chi connectivity index (χ3n) is 2.90. The number of aliphatic hydroxyl groups excluding tert-OH is 1. The van der Waals surface area contributed by atoms with Gasteiger partial charge in [-0.1, -0.05) is 26.0 Å². The van der Waals surface area contributed by atoms with Crippen molar-refractivity contribution in [2.75, 3.05) is 19.8 Å². The number of ether oxygens (including phenoxy) is 1. The molecule has 1 aliphatic rings. The molecule has 1 aromatic rings. The van der Waals surface area contributed by atoms with E-state index in [4.69, 9.17) is 4.74 Å². The number of hydrogen-bond donors (Lipinski definition) is 1. The lowest BCUT2D eigenvalue weighted by atomic mass is 9.79. The number of hydrogen-bond acceptors (Lipinski definition) is 3. The maximum Gasteiger partial charge on any atom is 0.0651 e. The van der Waals surface area contributed by atoms with Crippen LogP contribution in [0.4, 0.5) is 0 Å². The predicted molar refractivity (Wildman–Crippen MR) is 67.0 cm³/mol. The lowest BCUT2D eigenvalue weighted by Crippen LogP contribution is -2.49. The molecule has 0 saturated carbocycles. The van der Waals surface area contributed by atoms with Crippen LogP contribution in [0.5, 0.6) is 0 Å². The summed E-state index contributed by atoms with van der Waals surface area (Å²) in [4.78, 5) is 1.28. The van der Waals surface area contributed by atoms with E-state index in [0.717, 1.165) is 0 Å². The fourth-order valence-corrected chi connectivity index (χ4v) is 2.69. The van der Waals surface area contributed by atoms with Crippen molar-refractivity contribution in [1.29, 1.82) is 0 Å². The van der Waals surface area contributed by atoms with Crippen LogP contribution in [-0.2, 0) is 10.2 Å². The minimum absolute atomic E-state index is 0.138. The SMILES string of the molecule is CC(C)Sc1ccc(C2(CO)COC2)cc1. The largest absolute Gasteiger partial charge is 0.395 e. The summed E-state index contributed by atoms with van der Waals surface area (Å²) in [7, 11) is 0. The highest BCUT2D eigenvalue weighted by Crippen LogP contribution is 2.33. The van der Waals surface area contributed by atoms with Crippen molar-refractivity contribution in [3.05, 3.63) is 29.8 Å². The Morgan fingerprint density at radius 2 is 1.94 bits per heavy atom. The van der Waals surface area contributed by atoms with Crippen molar-refractivity contribution in [1.82, 2.24) is 0 Å². The van der Waals surface area contributed by atoms with Crippen LogP contribution in [0.2, 0.25) is 0 Å². The Morgan fingerprint density at radius 1 is 1.31 bits per heavy atom. The number of benzene rings is 1. The lowest BCUT2D eigenvalue weighted by molar-refractivity contribution is -0.0841. The maximum atomic E-state index is 9.42. The van der Waals surface area contributed by atoms with E-state index in [0.29, 0.717) is 18.5 Å². The van der Waals surface area contributed by atoms with Crippen molar-refractivity contribution < 1.29 is 9.84 Å². The smallest absolute Gasteiger partial charge is 0.0651 e. The molecule has 0 radical (unpaired) electrons. The minimum atomic E-state index is -0.138. The molecule has 0 aromatic heterocycles. The van der Waals surface area contributed by atoms with Crippen LogP contribution < -0.4 is 0 Å². The van der Waals surface area contributed by atoms with Crippen LogP contribution in [0, 0.1) is 0 Å². The van der Waals surface area contributed by atoms with Gasteiger partial charge in [0.2, 0.25) is 0 Å². The maximum absolute atomic E-state index is 9.42. The first kappa shape index (κ1) is 12.0. The van der Waals surface area contributed by atoms with Gasteiger partial charge in [-0.15, -0.1) is 11.8 Å². The second-order valence-electron chi connectivity index (χ2n) is 4.62. The average Bonchev–Trinajstić information content (AvgIpc) is 2.19. The molecule has 1 aromatic carbocycles. The minimum Gasteiger partial charge on any atom is -0.395 e. The summed E-state index contributed by atoms with van der Waals surface area (Å²) >= 11 is 1.86. The van der Waals surface area contributed by atoms with Crippen molar-refractivity contribution >= 4 is 11.8 Å². The van der Waals surface area contributed by atoms with Gasteiger partial charge in [0, 0.05) is 10.1 Å². The molecule has 0 bridgehead atoms. The fourth-order valence-electron chi connectivity index (χ4n) is 1.86. The number of aliphatic hydroxyl groups is 1. The molecule has 3 heteroatoms. The second kappa shape index (κ2) is 4.78. The molecule has 16 heavy (non-hydrogen) atoms. The van der Waals surface area contributed by atoms with Gasteiger partial charge in [-0.2, -0.15) is 0 Å². The molecule has 1 heterocycles. The van der Waals surface area contributed by atoms with Crippen molar-refractivity contribution in [2.24, 2.45) is 0 Å². The molecule has 0 aliphatic carbocycles. The molecule has 2 nitrogen and oxygen atoms in total. The summed E-state index contributed by atoms with van der Waals surface area (Å²) in [6, 6.07) is 8.50. The van der Waals surface area contributed by atoms with Gasteiger partial charge >= 0.3 is 0 Å². The molecular formula is C13H18O2S. The third kappa shape index (κ3) is 2.26. The highest BCUT2D eigenvalue weighted by Gasteiger charge is 2.39. The van der Waals surface area contributed by atoms with E-state index in [1.165, 1.54) is 10.5 Å². The molecule has 0 amide bonds. The Kier molecular flexibility index (Phi) is 3.57. The Morgan fingerprint density at radius 3 is 2.31 bits per heavy atom. The van der Waals surface area contributed by atoms with Gasteiger partial charge in [-0.05, 0) is 17.7 Å². The Bertz CT molecular complexity index is 336. The van der Waals surface area contributed by atoms with Crippen LogP contribution in [-0.4, -0.2) is 30.2 Å². The Labute approximate surface area is 101 Å². The van der Waals surface area contributed by atoms with Gasteiger partial charge in [-0.25, -0.2) is 0 Å². The average molecular weight is 238 g/mol. The van der Waals surface area contributed by atoms with Gasteiger partial charge in [0.15, 0.2) is 0 Å². The zero-order valence-corrected chi connectivity index (χ0v) is 10.6. The van der Waals surface area contributed by atoms with Crippen molar-refractivity contribution in [3.63, 3.8) is 0 Å². The molecule has 0 atom stereocenters. The van der Waals surface area contributed by atoms with Crippen LogP contribution in [0.1, 0.15) is 19.4 Å². The van der Waals surface area contributed by atoms with Gasteiger partial charge in [-0.3, -0.25) is 0 Å². The molecule has 1 aliphatic heterocycles. The summed E-state index contributed by atoms with van der Waals surface area (Å²) in [5.41, 5.74) is 1.05. The summed E-state index contributed by atoms with van der Waals surface area (Å²) in [6.07, 6.45) is 0. The van der Waals surface area contributed by atoms with Crippen molar-refractivity contribution in [3.8, 4) is 0 Å². The third-order valence-corrected chi connectivity index (χ3v) is 3.91. The van der Waals surface area contributed by atoms with E-state index in [1.807, 2.05) is 11.8 Å². The Hall–Kier alpha value is -0.510. The zero-order chi connectivity index (χ0) is 11.6. The van der Waals surface area contributed by atoms with Crippen LogP contribution in [0.25, 0.3) is 0 Å². The van der Waals surface area contributed by atoms with Crippen LogP contribution >= 0.6 is 11.8 Å². The van der Waals surface area contributed by atoms with E-state index >= 15 is 0 Å². The highest BCUT2D eigenvalue weighted by atomic mass is 32.2. The first-order chi connectivity index (χ1) is 7.66. The number of thioether (sulfide) groups is 1. The topological polar surface area (TPSA) is 29.5 Å². The van der Waals surface area contributed by atoms with Crippen LogP contribution in [0.15, 0.2) is 29.2 Å². The monoisotopic (exact) mass is 238 g/mol. The first-order valence-electron chi connectivity index (χ1n) is 5.62. The second-order valence-corrected chi connectivity index (χ2v) is 6.27. The molecular weight excluding hydrogens is 220 g/mol. The molecule has 2 rings (SSSR count). The molecule has 0 spiro atoms. The first-order valence-corrected chi connectivity index (χ1v) is 6.50. The van der Waals surface area contributed by atoms with Gasteiger partial charge in [0.25, 0.3) is 0 Å². The lowest BCUT2D eigenvalue weighted by Gasteiger charge is -2.40. The molecule has 1 fully saturated rings. The van der Waals surface area contributed by atoms with E-state index in [2.05, 4.69) is 38.1 Å². The quantitative estimate of drug-likeness (QED) is 0.817. The number of rotatable bonds is 4. The molecule has 88 valence electrons. The van der Waals surface area contributed by atoms with Crippen LogP contribution in [0.3, 0.4) is 0 Å². The highest BCUT2D eigenvalue weighted by molar-refractivity contribution is 7.99. The van der Waals surface area contributed by atoms with E-state index < -0.39 is 0 Å². The van der Waals surface area contributed by atoms with Gasteiger partial charge in [0.1, 0.15) is 0 Å². The normalized spacial score (nSPS) is 18.5. The summed E-state index contributed by atoms with van der Waals surface area (Å²) in [5, 5.41) is 10.0. The standard InChI is InChI=1S/C13H18O2S/c1-10(2)16-12-5-3-11(4-6-12)13(7-14)8-15-9-13/h3-6,10,14H,7-9H2,1-2H3. The van der Waals surface area contributed by atoms with Gasteiger partial charge in [0.05, 0.1) is 25.2 Å². The van der Waals surface area contributed by atoms with E-state index in [1.54, 1.807) is 0 Å². The fraction of sp³-hybridized carbons (Fsp3) is 0.538. The van der Waals surface area contributed by atoms with Gasteiger partial charge < -0.3 is 9.84 Å². The zero-order valence-electron chi connectivity index (χ0n) is 9.77. The Balaban J connectivity index is 2.12. The van der Waals surface area contributed by atoms with E-state index in [9.17, 15) is 5.11 Å². The predicted octanol–water partition coefficient (Wildman–Crippen LogP) is 2.45. The molecule has 0 unspecified atom stereocenters. The summed E-state index contributed by atoms with van der Waals surface area (Å²) < 4.78 is 5.21. The van der Waals surface area contributed by atoms with Crippen molar-refractivity contribution in [2.45, 2.75) is 29.4 Å².